The van der Waals surface area contributed by atoms with Gasteiger partial charge in [-0.3, -0.25) is 4.79 Å². The van der Waals surface area contributed by atoms with Crippen LogP contribution >= 0.6 is 11.8 Å². The number of thioether (sulfide) groups is 1. The van der Waals surface area contributed by atoms with E-state index in [0.717, 1.165) is 6.42 Å². The zero-order valence-corrected chi connectivity index (χ0v) is 12.0. The van der Waals surface area contributed by atoms with Crippen molar-refractivity contribution < 1.29 is 19.4 Å². The number of nitrogens with zero attached hydrogens (tertiary/aromatic N) is 1. The highest BCUT2D eigenvalue weighted by Gasteiger charge is 2.15. The smallest absolute Gasteiger partial charge is 0.323 e. The molecular formula is C11H22N2O4S. The van der Waals surface area contributed by atoms with Crippen molar-refractivity contribution in [3.8, 4) is 0 Å². The van der Waals surface area contributed by atoms with E-state index in [4.69, 9.17) is 9.84 Å². The van der Waals surface area contributed by atoms with Gasteiger partial charge in [-0.1, -0.05) is 6.92 Å². The van der Waals surface area contributed by atoms with Crippen molar-refractivity contribution in [2.24, 2.45) is 0 Å². The van der Waals surface area contributed by atoms with Crippen LogP contribution in [0.1, 0.15) is 13.3 Å². The Morgan fingerprint density at radius 1 is 1.50 bits per heavy atom. The molecule has 0 heterocycles. The molecule has 7 heteroatoms. The van der Waals surface area contributed by atoms with Gasteiger partial charge in [-0.05, 0) is 12.7 Å². The first-order valence-corrected chi connectivity index (χ1v) is 7.06. The second-order valence-corrected chi connectivity index (χ2v) is 5.15. The van der Waals surface area contributed by atoms with Gasteiger partial charge in [-0.25, -0.2) is 4.79 Å². The molecule has 0 aliphatic heterocycles. The lowest BCUT2D eigenvalue weighted by Gasteiger charge is -2.21. The number of nitrogens with one attached hydrogen (secondary N) is 1. The number of carbonyl (C=O) groups is 2. The molecule has 0 saturated carbocycles. The molecule has 0 aliphatic carbocycles. The molecule has 18 heavy (non-hydrogen) atoms. The largest absolute Gasteiger partial charge is 0.480 e. The van der Waals surface area contributed by atoms with Gasteiger partial charge in [-0.15, -0.1) is 0 Å². The predicted molar refractivity (Wildman–Crippen MR) is 72.1 cm³/mol. The molecule has 0 aromatic heterocycles. The topological polar surface area (TPSA) is 78.9 Å². The van der Waals surface area contributed by atoms with Gasteiger partial charge in [0.25, 0.3) is 0 Å². The summed E-state index contributed by atoms with van der Waals surface area (Å²) in [5, 5.41) is 11.9. The molecule has 0 rings (SSSR count). The summed E-state index contributed by atoms with van der Waals surface area (Å²) in [5.74, 6) is -1.03. The van der Waals surface area contributed by atoms with Crippen LogP contribution in [0.3, 0.4) is 0 Å². The Morgan fingerprint density at radius 3 is 2.67 bits per heavy atom. The average Bonchev–Trinajstić information content (AvgIpc) is 2.33. The quantitative estimate of drug-likeness (QED) is 0.654. The summed E-state index contributed by atoms with van der Waals surface area (Å²) in [4.78, 5) is 23.6. The van der Waals surface area contributed by atoms with Crippen molar-refractivity contribution >= 4 is 23.8 Å². The summed E-state index contributed by atoms with van der Waals surface area (Å²) in [6, 6.07) is -0.359. The number of urea groups is 1. The van der Waals surface area contributed by atoms with E-state index in [0.29, 0.717) is 18.4 Å². The maximum absolute atomic E-state index is 11.7. The zero-order chi connectivity index (χ0) is 14.0. The number of aliphatic carboxylic acids is 1. The van der Waals surface area contributed by atoms with Crippen molar-refractivity contribution in [1.29, 1.82) is 0 Å². The molecule has 1 atom stereocenters. The third kappa shape index (κ3) is 8.19. The van der Waals surface area contributed by atoms with Crippen LogP contribution in [0.2, 0.25) is 0 Å². The van der Waals surface area contributed by atoms with Crippen molar-refractivity contribution in [3.05, 3.63) is 0 Å². The van der Waals surface area contributed by atoms with Gasteiger partial charge in [0.2, 0.25) is 0 Å². The van der Waals surface area contributed by atoms with Gasteiger partial charge in [-0.2, -0.15) is 11.8 Å². The number of rotatable bonds is 9. The lowest BCUT2D eigenvalue weighted by atomic mass is 10.3. The summed E-state index contributed by atoms with van der Waals surface area (Å²) in [6.45, 7) is 2.91. The van der Waals surface area contributed by atoms with Crippen LogP contribution in [-0.2, 0) is 9.53 Å². The van der Waals surface area contributed by atoms with Gasteiger partial charge in [0, 0.05) is 25.4 Å². The summed E-state index contributed by atoms with van der Waals surface area (Å²) in [7, 11) is 1.51. The van der Waals surface area contributed by atoms with Crippen molar-refractivity contribution in [2.75, 3.05) is 39.6 Å². The number of methoxy groups -OCH3 is 1. The summed E-state index contributed by atoms with van der Waals surface area (Å²) < 4.78 is 4.85. The van der Waals surface area contributed by atoms with Crippen LogP contribution in [0.5, 0.6) is 0 Å². The average molecular weight is 278 g/mol. The molecule has 0 radical (unpaired) electrons. The Hall–Kier alpha value is -0.950. The highest BCUT2D eigenvalue weighted by Crippen LogP contribution is 2.07. The first-order chi connectivity index (χ1) is 8.51. The second-order valence-electron chi connectivity index (χ2n) is 3.88. The third-order valence-corrected chi connectivity index (χ3v) is 3.45. The van der Waals surface area contributed by atoms with E-state index in [1.54, 1.807) is 11.8 Å². The van der Waals surface area contributed by atoms with Crippen LogP contribution < -0.4 is 5.32 Å². The number of carboxylic acid groups (broad SMARTS) is 1. The van der Waals surface area contributed by atoms with E-state index >= 15 is 0 Å². The Labute approximate surface area is 112 Å². The molecule has 2 N–H and O–H groups in total. The van der Waals surface area contributed by atoms with E-state index in [1.807, 2.05) is 6.26 Å². The summed E-state index contributed by atoms with van der Waals surface area (Å²) in [6.07, 6.45) is 2.87. The van der Waals surface area contributed by atoms with E-state index in [2.05, 4.69) is 12.2 Å². The second kappa shape index (κ2) is 10.0. The van der Waals surface area contributed by atoms with Crippen LogP contribution in [0.25, 0.3) is 0 Å². The fraction of sp³-hybridized carbons (Fsp3) is 0.818. The fourth-order valence-corrected chi connectivity index (χ4v) is 1.58. The van der Waals surface area contributed by atoms with E-state index in [9.17, 15) is 9.59 Å². The van der Waals surface area contributed by atoms with Crippen molar-refractivity contribution in [3.63, 3.8) is 0 Å². The molecule has 0 saturated heterocycles. The highest BCUT2D eigenvalue weighted by molar-refractivity contribution is 7.99. The first-order valence-electron chi connectivity index (χ1n) is 5.77. The first kappa shape index (κ1) is 17.1. The molecule has 1 unspecified atom stereocenters. The fourth-order valence-electron chi connectivity index (χ4n) is 1.23. The number of hydrogen-bond donors (Lipinski definition) is 2. The van der Waals surface area contributed by atoms with Crippen molar-refractivity contribution in [1.82, 2.24) is 10.2 Å². The maximum Gasteiger partial charge on any atom is 0.323 e. The Bertz CT molecular complexity index is 263. The Kier molecular flexibility index (Phi) is 9.49. The lowest BCUT2D eigenvalue weighted by molar-refractivity contribution is -0.137. The molecule has 0 bridgehead atoms. The van der Waals surface area contributed by atoms with Crippen LogP contribution in [-0.4, -0.2) is 66.9 Å². The number of ether oxygens (including phenoxy) is 1. The van der Waals surface area contributed by atoms with Crippen LogP contribution in [0, 0.1) is 0 Å². The predicted octanol–water partition coefficient (Wildman–Crippen LogP) is 0.871. The van der Waals surface area contributed by atoms with Crippen LogP contribution in [0.15, 0.2) is 0 Å². The zero-order valence-electron chi connectivity index (χ0n) is 11.1. The third-order valence-electron chi connectivity index (χ3n) is 2.41. The van der Waals surface area contributed by atoms with Gasteiger partial charge < -0.3 is 20.1 Å². The van der Waals surface area contributed by atoms with Gasteiger partial charge in [0.1, 0.15) is 6.54 Å². The Balaban J connectivity index is 4.07. The van der Waals surface area contributed by atoms with E-state index < -0.39 is 5.97 Å². The number of carbonyl (C=O) groups excluding carboxylic acids is 1. The van der Waals surface area contributed by atoms with Crippen LogP contribution in [0.4, 0.5) is 4.79 Å². The van der Waals surface area contributed by atoms with Crippen molar-refractivity contribution in [2.45, 2.75) is 18.6 Å². The highest BCUT2D eigenvalue weighted by atomic mass is 32.2. The minimum Gasteiger partial charge on any atom is -0.480 e. The Morgan fingerprint density at radius 2 is 2.17 bits per heavy atom. The molecule has 0 fully saturated rings. The van der Waals surface area contributed by atoms with Gasteiger partial charge >= 0.3 is 12.0 Å². The van der Waals surface area contributed by atoms with Gasteiger partial charge in [0.05, 0.1) is 6.61 Å². The summed E-state index contributed by atoms with van der Waals surface area (Å²) in [5.41, 5.74) is 0. The van der Waals surface area contributed by atoms with E-state index in [1.165, 1.54) is 12.0 Å². The molecular weight excluding hydrogens is 256 g/mol. The minimum absolute atomic E-state index is 0.271. The number of carboxylic acids is 1. The summed E-state index contributed by atoms with van der Waals surface area (Å²) >= 11 is 1.73. The molecule has 0 spiro atoms. The monoisotopic (exact) mass is 278 g/mol. The normalized spacial score (nSPS) is 11.9. The molecule has 0 aromatic carbocycles. The number of amides is 2. The molecule has 6 nitrogen and oxygen atoms in total. The molecule has 2 amide bonds. The maximum atomic E-state index is 11.7. The molecule has 0 aliphatic rings. The number of hydrogen-bond acceptors (Lipinski definition) is 4. The minimum atomic E-state index is -1.03. The standard InChI is InChI=1S/C11H22N2O4S/c1-9(18-3)4-5-12-11(16)13(6-7-17-2)8-10(14)15/h9H,4-8H2,1-3H3,(H,12,16)(H,14,15). The van der Waals surface area contributed by atoms with E-state index in [-0.39, 0.29) is 19.1 Å². The molecule has 0 aromatic rings. The lowest BCUT2D eigenvalue weighted by Crippen LogP contribution is -2.44. The molecule has 106 valence electrons. The SMILES string of the molecule is COCCN(CC(=O)O)C(=O)NCCC(C)SC. The van der Waals surface area contributed by atoms with Gasteiger partial charge in [0.15, 0.2) is 0 Å².